The highest BCUT2D eigenvalue weighted by atomic mass is 79.9. The van der Waals surface area contributed by atoms with Gasteiger partial charge in [0.05, 0.1) is 10.2 Å². The molecule has 1 unspecified atom stereocenters. The van der Waals surface area contributed by atoms with E-state index in [9.17, 15) is 0 Å². The quantitative estimate of drug-likeness (QED) is 0.179. The SMILES string of the molecule is COC1(C2=C(CBr)C3(c4ccccc4-c4ccccc43)C2Br)c2ccccc2-c2ccccc21. The number of alkyl halides is 2. The van der Waals surface area contributed by atoms with E-state index in [1.807, 2.05) is 7.11 Å². The molecule has 0 heterocycles. The molecule has 7 rings (SSSR count). The first kappa shape index (κ1) is 20.9. The van der Waals surface area contributed by atoms with Crippen molar-refractivity contribution in [2.45, 2.75) is 15.8 Å². The van der Waals surface area contributed by atoms with Crippen molar-refractivity contribution in [2.24, 2.45) is 0 Å². The molecule has 0 amide bonds. The lowest BCUT2D eigenvalue weighted by molar-refractivity contribution is 0.0483. The maximum Gasteiger partial charge on any atom is 0.142 e. The van der Waals surface area contributed by atoms with Crippen LogP contribution in [0.15, 0.2) is 108 Å². The molecule has 0 N–H and O–H groups in total. The van der Waals surface area contributed by atoms with Crippen molar-refractivity contribution in [3.63, 3.8) is 0 Å². The Balaban J connectivity index is 1.59. The van der Waals surface area contributed by atoms with E-state index in [4.69, 9.17) is 4.74 Å². The number of methoxy groups -OCH3 is 1. The van der Waals surface area contributed by atoms with Gasteiger partial charge in [0.1, 0.15) is 5.60 Å². The highest BCUT2D eigenvalue weighted by Gasteiger charge is 2.65. The Labute approximate surface area is 216 Å². The predicted molar refractivity (Wildman–Crippen MR) is 146 cm³/mol. The summed E-state index contributed by atoms with van der Waals surface area (Å²) in [7, 11) is 1.86. The van der Waals surface area contributed by atoms with E-state index >= 15 is 0 Å². The summed E-state index contributed by atoms with van der Waals surface area (Å²) in [5.41, 5.74) is 12.3. The molecule has 0 saturated heterocycles. The Morgan fingerprint density at radius 2 is 1.03 bits per heavy atom. The van der Waals surface area contributed by atoms with Gasteiger partial charge in [0.2, 0.25) is 0 Å². The lowest BCUT2D eigenvalue weighted by Crippen LogP contribution is -2.55. The van der Waals surface area contributed by atoms with Crippen LogP contribution in [0.5, 0.6) is 0 Å². The lowest BCUT2D eigenvalue weighted by Gasteiger charge is -2.55. The summed E-state index contributed by atoms with van der Waals surface area (Å²) in [6, 6.07) is 35.2. The molecule has 4 aromatic rings. The van der Waals surface area contributed by atoms with Crippen LogP contribution in [0.4, 0.5) is 0 Å². The van der Waals surface area contributed by atoms with Crippen molar-refractivity contribution >= 4 is 31.9 Å². The molecule has 34 heavy (non-hydrogen) atoms. The first-order valence-electron chi connectivity index (χ1n) is 11.6. The summed E-state index contributed by atoms with van der Waals surface area (Å²) in [6.45, 7) is 0. The van der Waals surface area contributed by atoms with E-state index in [1.165, 1.54) is 55.7 Å². The van der Waals surface area contributed by atoms with Gasteiger partial charge in [0, 0.05) is 23.6 Å². The molecule has 0 radical (unpaired) electrons. The second-order valence-electron chi connectivity index (χ2n) is 9.26. The molecular weight excluding hydrogens is 548 g/mol. The minimum atomic E-state index is -0.623. The zero-order chi connectivity index (χ0) is 23.1. The molecule has 1 nitrogen and oxygen atoms in total. The molecule has 0 aromatic heterocycles. The van der Waals surface area contributed by atoms with Crippen LogP contribution in [0.25, 0.3) is 22.3 Å². The summed E-state index contributed by atoms with van der Waals surface area (Å²) < 4.78 is 6.63. The topological polar surface area (TPSA) is 9.23 Å². The van der Waals surface area contributed by atoms with E-state index < -0.39 is 5.60 Å². The predicted octanol–water partition coefficient (Wildman–Crippen LogP) is 7.99. The fraction of sp³-hybridized carbons (Fsp3) is 0.161. The van der Waals surface area contributed by atoms with Crippen LogP contribution in [-0.2, 0) is 15.8 Å². The summed E-state index contributed by atoms with van der Waals surface area (Å²) in [5, 5.41) is 0.780. The van der Waals surface area contributed by atoms with E-state index in [0.717, 1.165) is 5.33 Å². The molecule has 166 valence electrons. The fourth-order valence-electron chi connectivity index (χ4n) is 6.91. The Kier molecular flexibility index (Phi) is 4.46. The molecule has 3 aliphatic rings. The first-order chi connectivity index (χ1) is 16.7. The van der Waals surface area contributed by atoms with E-state index in [-0.39, 0.29) is 10.2 Å². The third kappa shape index (κ3) is 2.20. The average molecular weight is 570 g/mol. The first-order valence-corrected chi connectivity index (χ1v) is 13.6. The normalized spacial score (nSPS) is 19.9. The van der Waals surface area contributed by atoms with Gasteiger partial charge in [-0.25, -0.2) is 0 Å². The zero-order valence-corrected chi connectivity index (χ0v) is 21.9. The van der Waals surface area contributed by atoms with Crippen LogP contribution in [0, 0.1) is 0 Å². The monoisotopic (exact) mass is 568 g/mol. The highest BCUT2D eigenvalue weighted by Crippen LogP contribution is 2.69. The molecule has 4 aromatic carbocycles. The van der Waals surface area contributed by atoms with Crippen LogP contribution in [0.1, 0.15) is 22.3 Å². The molecule has 3 aliphatic carbocycles. The smallest absolute Gasteiger partial charge is 0.142 e. The van der Waals surface area contributed by atoms with Gasteiger partial charge in [-0.2, -0.15) is 0 Å². The Morgan fingerprint density at radius 1 is 0.647 bits per heavy atom. The van der Waals surface area contributed by atoms with Gasteiger partial charge in [0.25, 0.3) is 0 Å². The van der Waals surface area contributed by atoms with Crippen LogP contribution in [0.2, 0.25) is 0 Å². The van der Waals surface area contributed by atoms with Gasteiger partial charge >= 0.3 is 0 Å². The number of hydrogen-bond acceptors (Lipinski definition) is 1. The standard InChI is InChI=1S/C31H22Br2O/c1-34-31(25-16-8-4-12-21(25)22-13-5-9-17-26(22)31)28-27(18-32)30(29(28)33)23-14-6-2-10-19(23)20-11-3-7-15-24(20)30/h2-17,29H,18H2,1H3. The molecule has 1 spiro atoms. The van der Waals surface area contributed by atoms with Crippen molar-refractivity contribution in [3.05, 3.63) is 130 Å². The van der Waals surface area contributed by atoms with E-state index in [0.29, 0.717) is 0 Å². The second kappa shape index (κ2) is 7.27. The molecule has 0 aliphatic heterocycles. The van der Waals surface area contributed by atoms with Crippen molar-refractivity contribution in [1.29, 1.82) is 0 Å². The number of fused-ring (bicyclic) bond motifs is 8. The Morgan fingerprint density at radius 3 is 1.44 bits per heavy atom. The van der Waals surface area contributed by atoms with Gasteiger partial charge in [-0.1, -0.05) is 129 Å². The average Bonchev–Trinajstić information content (AvgIpc) is 3.37. The molecule has 0 saturated carbocycles. The summed E-state index contributed by atoms with van der Waals surface area (Å²) >= 11 is 8.19. The zero-order valence-electron chi connectivity index (χ0n) is 18.7. The van der Waals surface area contributed by atoms with Crippen LogP contribution in [0.3, 0.4) is 0 Å². The molecule has 0 bridgehead atoms. The van der Waals surface area contributed by atoms with Gasteiger partial charge in [-0.3, -0.25) is 0 Å². The largest absolute Gasteiger partial charge is 0.364 e. The molecule has 1 atom stereocenters. The lowest BCUT2D eigenvalue weighted by atomic mass is 9.54. The second-order valence-corrected chi connectivity index (χ2v) is 10.7. The van der Waals surface area contributed by atoms with Crippen molar-refractivity contribution < 1.29 is 4.74 Å². The van der Waals surface area contributed by atoms with Gasteiger partial charge in [-0.15, -0.1) is 0 Å². The number of rotatable bonds is 3. The van der Waals surface area contributed by atoms with Gasteiger partial charge in [-0.05, 0) is 44.5 Å². The Hall–Kier alpha value is -2.46. The van der Waals surface area contributed by atoms with Gasteiger partial charge in [0.15, 0.2) is 0 Å². The van der Waals surface area contributed by atoms with Crippen LogP contribution >= 0.6 is 31.9 Å². The molecular formula is C31H22Br2O. The molecule has 3 heteroatoms. The number of hydrogen-bond donors (Lipinski definition) is 0. The third-order valence-corrected chi connectivity index (χ3v) is 9.86. The summed E-state index contributed by atoms with van der Waals surface area (Å²) in [4.78, 5) is 0.0940. The van der Waals surface area contributed by atoms with E-state index in [1.54, 1.807) is 0 Å². The number of benzene rings is 4. The van der Waals surface area contributed by atoms with Crippen molar-refractivity contribution in [3.8, 4) is 22.3 Å². The number of halogens is 2. The van der Waals surface area contributed by atoms with Crippen LogP contribution in [-0.4, -0.2) is 17.3 Å². The minimum Gasteiger partial charge on any atom is -0.364 e. The van der Waals surface area contributed by atoms with Crippen molar-refractivity contribution in [1.82, 2.24) is 0 Å². The maximum atomic E-state index is 6.63. The van der Waals surface area contributed by atoms with Gasteiger partial charge < -0.3 is 4.74 Å². The van der Waals surface area contributed by atoms with E-state index in [2.05, 4.69) is 129 Å². The van der Waals surface area contributed by atoms with Crippen molar-refractivity contribution in [2.75, 3.05) is 12.4 Å². The molecule has 0 fully saturated rings. The maximum absolute atomic E-state index is 6.63. The Bertz CT molecular complexity index is 1420. The number of ether oxygens (including phenoxy) is 1. The fourth-order valence-corrected chi connectivity index (χ4v) is 9.02. The summed E-state index contributed by atoms with van der Waals surface area (Å²) in [6.07, 6.45) is 0. The summed E-state index contributed by atoms with van der Waals surface area (Å²) in [5.74, 6) is 0. The third-order valence-electron chi connectivity index (χ3n) is 8.15. The highest BCUT2D eigenvalue weighted by molar-refractivity contribution is 9.10. The number of allylic oxidation sites excluding steroid dienone is 1. The van der Waals surface area contributed by atoms with Crippen LogP contribution < -0.4 is 0 Å². The minimum absolute atomic E-state index is 0.0940.